The van der Waals surface area contributed by atoms with Gasteiger partial charge in [0.15, 0.2) is 16.8 Å². The Morgan fingerprint density at radius 2 is 1.92 bits per heavy atom. The number of halogens is 1. The van der Waals surface area contributed by atoms with E-state index in [-0.39, 0.29) is 17.4 Å². The molecule has 134 valence electrons. The molecule has 0 saturated carbocycles. The first-order chi connectivity index (χ1) is 12.5. The number of anilines is 4. The minimum atomic E-state index is -0.323. The second-order valence-electron chi connectivity index (χ2n) is 5.33. The number of nitrogen functional groups attached to an aromatic ring is 1. The Labute approximate surface area is 162 Å². The number of carbonyl (C=O) groups is 1. The molecule has 2 aromatic heterocycles. The fraction of sp³-hybridized carbons (Fsp3) is 0.125. The molecule has 0 saturated heterocycles. The number of nitrogens with two attached hydrogens (primary N) is 1. The zero-order chi connectivity index (χ0) is 18.7. The van der Waals surface area contributed by atoms with Gasteiger partial charge in [-0.15, -0.1) is 11.3 Å². The van der Waals surface area contributed by atoms with Crippen LogP contribution in [-0.4, -0.2) is 20.9 Å². The van der Waals surface area contributed by atoms with E-state index in [1.54, 1.807) is 18.2 Å². The molecule has 3 aromatic rings. The summed E-state index contributed by atoms with van der Waals surface area (Å²) in [5.74, 6) is 0.371. The van der Waals surface area contributed by atoms with Crippen LogP contribution < -0.4 is 21.9 Å². The molecule has 0 aliphatic rings. The number of rotatable bonds is 5. The van der Waals surface area contributed by atoms with Gasteiger partial charge in [-0.3, -0.25) is 15.6 Å². The average molecular weight is 434 g/mol. The zero-order valence-electron chi connectivity index (χ0n) is 14.0. The van der Waals surface area contributed by atoms with Gasteiger partial charge in [-0.2, -0.15) is 0 Å². The molecular weight excluding hydrogens is 418 g/mol. The highest BCUT2D eigenvalue weighted by molar-refractivity contribution is 9.10. The van der Waals surface area contributed by atoms with Gasteiger partial charge in [0.05, 0.1) is 11.3 Å². The van der Waals surface area contributed by atoms with E-state index in [2.05, 4.69) is 47.1 Å². The third-order valence-corrected chi connectivity index (χ3v) is 5.23. The van der Waals surface area contributed by atoms with Gasteiger partial charge in [-0.25, -0.2) is 15.0 Å². The molecule has 8 nitrogen and oxygen atoms in total. The van der Waals surface area contributed by atoms with E-state index in [1.165, 1.54) is 17.7 Å². The molecule has 1 amide bonds. The predicted octanol–water partition coefficient (Wildman–Crippen LogP) is 3.40. The van der Waals surface area contributed by atoms with Crippen molar-refractivity contribution in [1.29, 1.82) is 0 Å². The molecule has 0 aliphatic heterocycles. The number of hydrogen-bond acceptors (Lipinski definition) is 8. The Morgan fingerprint density at radius 3 is 2.62 bits per heavy atom. The molecule has 5 N–H and O–H groups in total. The Kier molecular flexibility index (Phi) is 5.33. The lowest BCUT2D eigenvalue weighted by molar-refractivity contribution is 0.0962. The monoisotopic (exact) mass is 433 g/mol. The largest absolute Gasteiger partial charge is 0.393 e. The number of nitrogens with zero attached hydrogens (tertiary/aromatic N) is 3. The zero-order valence-corrected chi connectivity index (χ0v) is 16.4. The number of aromatic nitrogens is 3. The Balaban J connectivity index is 1.73. The van der Waals surface area contributed by atoms with Gasteiger partial charge in [0.2, 0.25) is 0 Å². The summed E-state index contributed by atoms with van der Waals surface area (Å²) in [5, 5.41) is 3.76. The summed E-state index contributed by atoms with van der Waals surface area (Å²) in [5.41, 5.74) is 13.1. The summed E-state index contributed by atoms with van der Waals surface area (Å²) in [4.78, 5) is 26.0. The van der Waals surface area contributed by atoms with E-state index < -0.39 is 0 Å². The van der Waals surface area contributed by atoms with Crippen molar-refractivity contribution in [3.63, 3.8) is 0 Å². The van der Waals surface area contributed by atoms with Gasteiger partial charge in [-0.1, -0.05) is 12.1 Å². The second kappa shape index (κ2) is 7.67. The highest BCUT2D eigenvalue weighted by Gasteiger charge is 2.13. The van der Waals surface area contributed by atoms with E-state index >= 15 is 0 Å². The minimum absolute atomic E-state index is 0.269. The Morgan fingerprint density at radius 1 is 1.19 bits per heavy atom. The number of carbonyl (C=O) groups excluding carboxylic acids is 1. The number of thiazole rings is 1. The topological polar surface area (TPSA) is 118 Å². The molecule has 0 radical (unpaired) electrons. The summed E-state index contributed by atoms with van der Waals surface area (Å²) in [7, 11) is 0. The van der Waals surface area contributed by atoms with Crippen LogP contribution in [0.25, 0.3) is 0 Å². The number of nitrogens with one attached hydrogen (secondary N) is 3. The highest BCUT2D eigenvalue weighted by atomic mass is 79.9. The molecule has 3 rings (SSSR count). The first-order valence-electron chi connectivity index (χ1n) is 7.58. The Bertz CT molecular complexity index is 940. The molecule has 0 spiro atoms. The van der Waals surface area contributed by atoms with Crippen LogP contribution in [0.4, 0.5) is 22.5 Å². The summed E-state index contributed by atoms with van der Waals surface area (Å²) in [6.07, 6.45) is 1.35. The quantitative estimate of drug-likeness (QED) is 0.455. The molecule has 26 heavy (non-hydrogen) atoms. The summed E-state index contributed by atoms with van der Waals surface area (Å²) in [6.45, 7) is 3.93. The van der Waals surface area contributed by atoms with Gasteiger partial charge in [-0.05, 0) is 41.9 Å². The van der Waals surface area contributed by atoms with Crippen molar-refractivity contribution < 1.29 is 4.79 Å². The third kappa shape index (κ3) is 3.92. The first-order valence-corrected chi connectivity index (χ1v) is 9.19. The first kappa shape index (κ1) is 18.1. The molecule has 0 atom stereocenters. The molecule has 2 heterocycles. The summed E-state index contributed by atoms with van der Waals surface area (Å²) < 4.78 is 0.687. The fourth-order valence-electron chi connectivity index (χ4n) is 2.05. The van der Waals surface area contributed by atoms with E-state index in [9.17, 15) is 4.79 Å². The van der Waals surface area contributed by atoms with Gasteiger partial charge in [0.1, 0.15) is 12.0 Å². The summed E-state index contributed by atoms with van der Waals surface area (Å²) in [6, 6.07) is 7.09. The van der Waals surface area contributed by atoms with Crippen LogP contribution in [0, 0.1) is 13.8 Å². The third-order valence-electron chi connectivity index (χ3n) is 3.55. The maximum atomic E-state index is 12.3. The standard InChI is InChI=1S/C16H16BrN7OS/c1-8-9(2)26-16(21-8)22-13-12(18)14(20-7-19-13)23-24-15(25)10-5-3-4-6-11(10)17/h3-7H,18H2,1-2H3,(H,24,25)(H2,19,20,21,22,23). The van der Waals surface area contributed by atoms with Crippen LogP contribution in [0.1, 0.15) is 20.9 Å². The molecule has 1 aromatic carbocycles. The van der Waals surface area contributed by atoms with Crippen LogP contribution in [0.3, 0.4) is 0 Å². The van der Waals surface area contributed by atoms with Crippen LogP contribution in [-0.2, 0) is 0 Å². The van der Waals surface area contributed by atoms with Crippen molar-refractivity contribution in [2.24, 2.45) is 0 Å². The highest BCUT2D eigenvalue weighted by Crippen LogP contribution is 2.29. The van der Waals surface area contributed by atoms with Gasteiger partial charge < -0.3 is 11.1 Å². The van der Waals surface area contributed by atoms with Crippen LogP contribution in [0.5, 0.6) is 0 Å². The number of amides is 1. The van der Waals surface area contributed by atoms with Gasteiger partial charge in [0.25, 0.3) is 5.91 Å². The second-order valence-corrected chi connectivity index (χ2v) is 7.39. The van der Waals surface area contributed by atoms with Crippen molar-refractivity contribution >= 4 is 55.6 Å². The van der Waals surface area contributed by atoms with Crippen molar-refractivity contribution in [2.75, 3.05) is 16.5 Å². The van der Waals surface area contributed by atoms with Crippen molar-refractivity contribution in [2.45, 2.75) is 13.8 Å². The SMILES string of the molecule is Cc1nc(Nc2ncnc(NNC(=O)c3ccccc3Br)c2N)sc1C. The fourth-order valence-corrected chi connectivity index (χ4v) is 3.33. The maximum Gasteiger partial charge on any atom is 0.270 e. The normalized spacial score (nSPS) is 10.4. The lowest BCUT2D eigenvalue weighted by atomic mass is 10.2. The average Bonchev–Trinajstić information content (AvgIpc) is 2.93. The molecule has 0 aliphatic carbocycles. The number of hydrazine groups is 1. The number of benzene rings is 1. The molecule has 0 fully saturated rings. The predicted molar refractivity (Wildman–Crippen MR) is 107 cm³/mol. The van der Waals surface area contributed by atoms with E-state index in [4.69, 9.17) is 5.73 Å². The Hall–Kier alpha value is -2.72. The van der Waals surface area contributed by atoms with Crippen LogP contribution in [0.2, 0.25) is 0 Å². The van der Waals surface area contributed by atoms with Gasteiger partial charge >= 0.3 is 0 Å². The van der Waals surface area contributed by atoms with Crippen molar-refractivity contribution in [3.8, 4) is 0 Å². The molecular formula is C16H16BrN7OS. The molecule has 0 unspecified atom stereocenters. The smallest absolute Gasteiger partial charge is 0.270 e. The molecule has 0 bridgehead atoms. The van der Waals surface area contributed by atoms with Crippen molar-refractivity contribution in [1.82, 2.24) is 20.4 Å². The van der Waals surface area contributed by atoms with Crippen LogP contribution in [0.15, 0.2) is 35.1 Å². The molecule has 10 heteroatoms. The van der Waals surface area contributed by atoms with Gasteiger partial charge in [0, 0.05) is 9.35 Å². The minimum Gasteiger partial charge on any atom is -0.393 e. The van der Waals surface area contributed by atoms with E-state index in [0.29, 0.717) is 21.0 Å². The van der Waals surface area contributed by atoms with Crippen LogP contribution >= 0.6 is 27.3 Å². The van der Waals surface area contributed by atoms with Crippen molar-refractivity contribution in [3.05, 3.63) is 51.2 Å². The lowest BCUT2D eigenvalue weighted by Crippen LogP contribution is -2.30. The number of hydrogen-bond donors (Lipinski definition) is 4. The number of aryl methyl sites for hydroxylation is 2. The van der Waals surface area contributed by atoms with E-state index in [0.717, 1.165) is 10.6 Å². The summed E-state index contributed by atoms with van der Waals surface area (Å²) >= 11 is 4.85. The van der Waals surface area contributed by atoms with E-state index in [1.807, 2.05) is 19.9 Å². The lowest BCUT2D eigenvalue weighted by Gasteiger charge is -2.12. The maximum absolute atomic E-state index is 12.3.